The molecule has 102 valence electrons. The van der Waals surface area contributed by atoms with Gasteiger partial charge in [-0.3, -0.25) is 4.79 Å². The molecule has 18 heavy (non-hydrogen) atoms. The van der Waals surface area contributed by atoms with Crippen LogP contribution < -0.4 is 5.73 Å². The van der Waals surface area contributed by atoms with Crippen molar-refractivity contribution in [3.63, 3.8) is 0 Å². The van der Waals surface area contributed by atoms with Gasteiger partial charge in [-0.1, -0.05) is 6.92 Å². The molecular formula is C15H26N2O. The van der Waals surface area contributed by atoms with E-state index in [1.54, 1.807) is 0 Å². The summed E-state index contributed by atoms with van der Waals surface area (Å²) in [5.41, 5.74) is 6.01. The van der Waals surface area contributed by atoms with Crippen molar-refractivity contribution in [3.8, 4) is 0 Å². The average molecular weight is 250 g/mol. The maximum Gasteiger partial charge on any atom is 0.228 e. The van der Waals surface area contributed by atoms with Crippen molar-refractivity contribution in [3.05, 3.63) is 0 Å². The van der Waals surface area contributed by atoms with Gasteiger partial charge in [0.15, 0.2) is 0 Å². The predicted molar refractivity (Wildman–Crippen MR) is 71.9 cm³/mol. The van der Waals surface area contributed by atoms with Crippen LogP contribution in [0.2, 0.25) is 0 Å². The van der Waals surface area contributed by atoms with Crippen LogP contribution in [0.4, 0.5) is 0 Å². The summed E-state index contributed by atoms with van der Waals surface area (Å²) in [6, 6.07) is 0. The highest BCUT2D eigenvalue weighted by Crippen LogP contribution is 2.65. The zero-order chi connectivity index (χ0) is 13.0. The van der Waals surface area contributed by atoms with Crippen LogP contribution in [0.15, 0.2) is 0 Å². The van der Waals surface area contributed by atoms with Gasteiger partial charge in [0, 0.05) is 20.1 Å². The van der Waals surface area contributed by atoms with Gasteiger partial charge >= 0.3 is 0 Å². The molecule has 0 heterocycles. The van der Waals surface area contributed by atoms with Crippen molar-refractivity contribution in [1.29, 1.82) is 0 Å². The molecule has 0 aromatic heterocycles. The van der Waals surface area contributed by atoms with E-state index in [0.29, 0.717) is 24.4 Å². The van der Waals surface area contributed by atoms with E-state index in [1.807, 2.05) is 11.9 Å². The summed E-state index contributed by atoms with van der Waals surface area (Å²) >= 11 is 0. The molecule has 0 aliphatic heterocycles. The molecule has 4 aliphatic carbocycles. The standard InChI is InChI=1S/C15H26N2O/c1-14-6-11-5-12(7-14)9-15(8-11,10-14)13(18)17(2)4-3-16/h11-12H,3-10,16H2,1-2H3. The highest BCUT2D eigenvalue weighted by atomic mass is 16.2. The van der Waals surface area contributed by atoms with Gasteiger partial charge in [-0.05, 0) is 55.8 Å². The van der Waals surface area contributed by atoms with E-state index >= 15 is 0 Å². The minimum atomic E-state index is -0.0250. The fourth-order valence-corrected chi connectivity index (χ4v) is 5.67. The fraction of sp³-hybridized carbons (Fsp3) is 0.933. The number of hydrogen-bond acceptors (Lipinski definition) is 2. The molecule has 0 aromatic rings. The molecule has 3 nitrogen and oxygen atoms in total. The molecule has 0 aromatic carbocycles. The Bertz CT molecular complexity index is 352. The van der Waals surface area contributed by atoms with Crippen LogP contribution in [0, 0.1) is 22.7 Å². The van der Waals surface area contributed by atoms with Gasteiger partial charge in [0.1, 0.15) is 0 Å². The summed E-state index contributed by atoms with van der Waals surface area (Å²) in [5, 5.41) is 0. The third kappa shape index (κ3) is 1.78. The molecule has 2 unspecified atom stereocenters. The lowest BCUT2D eigenvalue weighted by Crippen LogP contribution is -2.57. The molecule has 2 atom stereocenters. The van der Waals surface area contributed by atoms with Crippen LogP contribution in [-0.4, -0.2) is 30.9 Å². The molecule has 4 fully saturated rings. The number of rotatable bonds is 3. The van der Waals surface area contributed by atoms with Crippen molar-refractivity contribution in [2.24, 2.45) is 28.4 Å². The smallest absolute Gasteiger partial charge is 0.228 e. The second kappa shape index (κ2) is 3.96. The Hall–Kier alpha value is -0.570. The molecule has 0 radical (unpaired) electrons. The second-order valence-electron chi connectivity index (χ2n) is 7.57. The number of amides is 1. The lowest BCUT2D eigenvalue weighted by atomic mass is 9.44. The first-order valence-electron chi connectivity index (χ1n) is 7.42. The molecule has 3 heteroatoms. The molecule has 4 aliphatic rings. The van der Waals surface area contributed by atoms with E-state index in [4.69, 9.17) is 5.73 Å². The highest BCUT2D eigenvalue weighted by Gasteiger charge is 2.59. The first kappa shape index (κ1) is 12.5. The SMILES string of the molecule is CN(CCN)C(=O)C12CC3CC(CC(C)(C3)C1)C2. The zero-order valence-electron chi connectivity index (χ0n) is 11.7. The van der Waals surface area contributed by atoms with E-state index in [-0.39, 0.29) is 5.41 Å². The van der Waals surface area contributed by atoms with Crippen molar-refractivity contribution >= 4 is 5.91 Å². The van der Waals surface area contributed by atoms with Gasteiger partial charge in [-0.15, -0.1) is 0 Å². The summed E-state index contributed by atoms with van der Waals surface area (Å²) in [6.45, 7) is 3.69. The minimum Gasteiger partial charge on any atom is -0.344 e. The highest BCUT2D eigenvalue weighted by molar-refractivity contribution is 5.83. The molecule has 1 amide bonds. The Kier molecular flexibility index (Phi) is 2.74. The normalized spacial score (nSPS) is 45.3. The number of likely N-dealkylation sites (N-methyl/N-ethyl adjacent to an activating group) is 1. The van der Waals surface area contributed by atoms with Crippen LogP contribution in [0.3, 0.4) is 0 Å². The molecule has 4 bridgehead atoms. The molecule has 4 saturated carbocycles. The van der Waals surface area contributed by atoms with E-state index in [2.05, 4.69) is 6.92 Å². The largest absolute Gasteiger partial charge is 0.344 e. The minimum absolute atomic E-state index is 0.0250. The lowest BCUT2D eigenvalue weighted by molar-refractivity contribution is -0.164. The van der Waals surface area contributed by atoms with E-state index < -0.39 is 0 Å². The van der Waals surface area contributed by atoms with Gasteiger partial charge in [-0.2, -0.15) is 0 Å². The molecular weight excluding hydrogens is 224 g/mol. The Morgan fingerprint density at radius 1 is 1.28 bits per heavy atom. The summed E-state index contributed by atoms with van der Waals surface area (Å²) in [4.78, 5) is 14.7. The summed E-state index contributed by atoms with van der Waals surface area (Å²) in [6.07, 6.45) is 7.52. The van der Waals surface area contributed by atoms with Gasteiger partial charge in [0.05, 0.1) is 5.41 Å². The quantitative estimate of drug-likeness (QED) is 0.833. The first-order valence-corrected chi connectivity index (χ1v) is 7.42. The molecule has 4 rings (SSSR count). The summed E-state index contributed by atoms with van der Waals surface area (Å²) < 4.78 is 0. The van der Waals surface area contributed by atoms with Gasteiger partial charge < -0.3 is 10.6 Å². The Morgan fingerprint density at radius 2 is 1.89 bits per heavy atom. The number of nitrogens with zero attached hydrogens (tertiary/aromatic N) is 1. The van der Waals surface area contributed by atoms with Crippen molar-refractivity contribution in [1.82, 2.24) is 4.90 Å². The first-order chi connectivity index (χ1) is 8.46. The van der Waals surface area contributed by atoms with E-state index in [0.717, 1.165) is 31.1 Å². The lowest BCUT2D eigenvalue weighted by Gasteiger charge is -2.61. The van der Waals surface area contributed by atoms with E-state index in [9.17, 15) is 4.79 Å². The Labute approximate surface area is 110 Å². The second-order valence-corrected chi connectivity index (χ2v) is 7.57. The van der Waals surface area contributed by atoms with Crippen LogP contribution >= 0.6 is 0 Å². The third-order valence-corrected chi connectivity index (χ3v) is 5.62. The van der Waals surface area contributed by atoms with Gasteiger partial charge in [-0.25, -0.2) is 0 Å². The van der Waals surface area contributed by atoms with Crippen LogP contribution in [0.1, 0.15) is 45.4 Å². The van der Waals surface area contributed by atoms with Crippen LogP contribution in [0.25, 0.3) is 0 Å². The van der Waals surface area contributed by atoms with E-state index in [1.165, 1.54) is 19.3 Å². The average Bonchev–Trinajstić information content (AvgIpc) is 2.24. The third-order valence-electron chi connectivity index (χ3n) is 5.62. The van der Waals surface area contributed by atoms with Crippen molar-refractivity contribution < 1.29 is 4.79 Å². The predicted octanol–water partition coefficient (Wildman–Crippen LogP) is 2.01. The van der Waals surface area contributed by atoms with Crippen LogP contribution in [0.5, 0.6) is 0 Å². The van der Waals surface area contributed by atoms with Crippen LogP contribution in [-0.2, 0) is 4.79 Å². The number of carbonyl (C=O) groups is 1. The number of nitrogens with two attached hydrogens (primary N) is 1. The Balaban J connectivity index is 1.84. The topological polar surface area (TPSA) is 46.3 Å². The monoisotopic (exact) mass is 250 g/mol. The number of hydrogen-bond donors (Lipinski definition) is 1. The van der Waals surface area contributed by atoms with Gasteiger partial charge in [0.25, 0.3) is 0 Å². The summed E-state index contributed by atoms with van der Waals surface area (Å²) in [5.74, 6) is 2.01. The number of carbonyl (C=O) groups excluding carboxylic acids is 1. The fourth-order valence-electron chi connectivity index (χ4n) is 5.67. The molecule has 0 saturated heterocycles. The maximum atomic E-state index is 12.8. The molecule has 2 N–H and O–H groups in total. The summed E-state index contributed by atoms with van der Waals surface area (Å²) in [7, 11) is 1.93. The zero-order valence-corrected chi connectivity index (χ0v) is 11.7. The maximum absolute atomic E-state index is 12.8. The van der Waals surface area contributed by atoms with Crippen molar-refractivity contribution in [2.75, 3.05) is 20.1 Å². The Morgan fingerprint density at radius 3 is 2.39 bits per heavy atom. The van der Waals surface area contributed by atoms with Gasteiger partial charge in [0.2, 0.25) is 5.91 Å². The van der Waals surface area contributed by atoms with Crippen molar-refractivity contribution in [2.45, 2.75) is 45.4 Å². The molecule has 0 spiro atoms.